The van der Waals surface area contributed by atoms with Crippen LogP contribution in [-0.4, -0.2) is 141 Å². The highest BCUT2D eigenvalue weighted by Gasteiger charge is 2.32. The lowest BCUT2D eigenvalue weighted by Crippen LogP contribution is -2.59. The van der Waals surface area contributed by atoms with E-state index in [2.05, 4.69) is 37.2 Å². The fourth-order valence-electron chi connectivity index (χ4n) is 4.92. The van der Waals surface area contributed by atoms with E-state index in [1.165, 1.54) is 0 Å². The number of hydrogen-bond donors (Lipinski definition) is 15. The molecule has 0 unspecified atom stereocenters. The molecule has 0 spiro atoms. The van der Waals surface area contributed by atoms with Gasteiger partial charge in [0, 0.05) is 25.8 Å². The molecule has 25 heteroatoms. The van der Waals surface area contributed by atoms with Gasteiger partial charge in [-0.25, -0.2) is 0 Å². The molecule has 0 aromatic heterocycles. The zero-order chi connectivity index (χ0) is 44.5. The fraction of sp³-hybridized carbons (Fsp3) is 0.667. The maximum absolute atomic E-state index is 13.7. The van der Waals surface area contributed by atoms with Crippen molar-refractivity contribution in [3.05, 3.63) is 0 Å². The van der Waals surface area contributed by atoms with Gasteiger partial charge in [-0.1, -0.05) is 0 Å². The molecule has 328 valence electrons. The zero-order valence-electron chi connectivity index (χ0n) is 32.3. The minimum absolute atomic E-state index is 0.0294. The summed E-state index contributed by atoms with van der Waals surface area (Å²) in [6.45, 7) is 2.60. The van der Waals surface area contributed by atoms with Crippen molar-refractivity contribution >= 4 is 65.3 Å². The Morgan fingerprint density at radius 3 is 1.33 bits per heavy atom. The molecule has 6 amide bonds. The Morgan fingerprint density at radius 1 is 0.517 bits per heavy atom. The number of carboxylic acids is 4. The van der Waals surface area contributed by atoms with E-state index in [-0.39, 0.29) is 44.7 Å². The third-order valence-electron chi connectivity index (χ3n) is 8.24. The Morgan fingerprint density at radius 2 is 0.897 bits per heavy atom. The van der Waals surface area contributed by atoms with Crippen molar-refractivity contribution < 1.29 is 68.4 Å². The monoisotopic (exact) mass is 831 g/mol. The predicted octanol–water partition coefficient (Wildman–Crippen LogP) is -4.67. The molecule has 0 radical (unpaired) electrons. The second-order valence-corrected chi connectivity index (χ2v) is 13.2. The van der Waals surface area contributed by atoms with Crippen molar-refractivity contribution in [2.24, 2.45) is 17.2 Å². The van der Waals surface area contributed by atoms with E-state index >= 15 is 0 Å². The summed E-state index contributed by atoms with van der Waals surface area (Å²) in [5, 5.41) is 60.2. The average Bonchev–Trinajstić information content (AvgIpc) is 3.13. The number of nitrogens with one attached hydrogen (secondary N) is 8. The van der Waals surface area contributed by atoms with Gasteiger partial charge in [0.2, 0.25) is 35.4 Å². The molecule has 7 atom stereocenters. The molecule has 0 rings (SSSR count). The molecule has 0 bridgehead atoms. The highest BCUT2D eigenvalue weighted by molar-refractivity contribution is 5.97. The van der Waals surface area contributed by atoms with Crippen molar-refractivity contribution in [1.82, 2.24) is 37.2 Å². The number of carboxylic acid groups (broad SMARTS) is 4. The lowest BCUT2D eigenvalue weighted by Gasteiger charge is -2.27. The van der Waals surface area contributed by atoms with Gasteiger partial charge in [-0.3, -0.25) is 53.4 Å². The summed E-state index contributed by atoms with van der Waals surface area (Å²) >= 11 is 0. The van der Waals surface area contributed by atoms with Gasteiger partial charge in [-0.05, 0) is 71.8 Å². The number of carbonyl (C=O) groups is 10. The summed E-state index contributed by atoms with van der Waals surface area (Å²) in [5.74, 6) is -11.5. The van der Waals surface area contributed by atoms with Crippen molar-refractivity contribution in [1.29, 1.82) is 5.41 Å². The Balaban J connectivity index is 6.26. The number of amides is 6. The smallest absolute Gasteiger partial charge is 0.325 e. The summed E-state index contributed by atoms with van der Waals surface area (Å²) in [6, 6.07) is -10.1. The Labute approximate surface area is 333 Å². The SMILES string of the molecule is C[C@H](NC(=O)[C@H](CCC(=O)O)NC(=O)[C@H](C)NC(=O)[C@H](CCC(=O)O)NC(=O)[C@H](CCCNC(=N)N)NC(=O)[C@H](CCCCN)NC(=O)[C@@H](N)CCC(=O)O)C(=O)O. The van der Waals surface area contributed by atoms with Crippen molar-refractivity contribution in [2.75, 3.05) is 13.1 Å². The molecule has 0 saturated heterocycles. The van der Waals surface area contributed by atoms with Gasteiger partial charge in [-0.2, -0.15) is 0 Å². The van der Waals surface area contributed by atoms with Crippen LogP contribution in [0.2, 0.25) is 0 Å². The number of carbonyl (C=O) groups excluding carboxylic acids is 6. The van der Waals surface area contributed by atoms with Crippen molar-refractivity contribution in [3.63, 3.8) is 0 Å². The molecule has 0 aliphatic heterocycles. The number of unbranched alkanes of at least 4 members (excludes halogenated alkanes) is 1. The highest BCUT2D eigenvalue weighted by atomic mass is 16.4. The normalized spacial score (nSPS) is 14.3. The van der Waals surface area contributed by atoms with Gasteiger partial charge >= 0.3 is 23.9 Å². The molecular weight excluding hydrogens is 774 g/mol. The first-order chi connectivity index (χ1) is 27.1. The van der Waals surface area contributed by atoms with Crippen LogP contribution in [0.3, 0.4) is 0 Å². The highest BCUT2D eigenvalue weighted by Crippen LogP contribution is 2.08. The van der Waals surface area contributed by atoms with Crippen LogP contribution in [0.25, 0.3) is 0 Å². The van der Waals surface area contributed by atoms with E-state index in [0.717, 1.165) is 13.8 Å². The summed E-state index contributed by atoms with van der Waals surface area (Å²) in [6.07, 6.45) is -2.12. The third-order valence-corrected chi connectivity index (χ3v) is 8.24. The standard InChI is InChI=1S/C33H57N11O14/c1-16(26(51)41-21(9-12-24(47)48)29(54)40-17(2)32(57)58)39-28(53)22(10-13-25(49)50)44-31(56)20(7-5-15-38-33(36)37)43-30(55)19(6-3-4-14-34)42-27(52)18(35)8-11-23(45)46/h16-22H,3-15,34-35H2,1-2H3,(H,39,53)(H,40,54)(H,41,51)(H,42,52)(H,43,55)(H,44,56)(H,45,46)(H,47,48)(H,49,50)(H,57,58)(H4,36,37,38)/t16-,17-,18-,19-,20-,21-,22-/m0/s1. The van der Waals surface area contributed by atoms with Crippen LogP contribution in [0, 0.1) is 5.41 Å². The fourth-order valence-corrected chi connectivity index (χ4v) is 4.92. The number of hydrogen-bond acceptors (Lipinski definition) is 13. The molecule has 0 saturated carbocycles. The molecule has 0 aromatic rings. The molecule has 25 nitrogen and oxygen atoms in total. The van der Waals surface area contributed by atoms with E-state index in [9.17, 15) is 53.1 Å². The van der Waals surface area contributed by atoms with Crippen molar-refractivity contribution in [3.8, 4) is 0 Å². The first-order valence-corrected chi connectivity index (χ1v) is 18.3. The summed E-state index contributed by atoms with van der Waals surface area (Å²) in [4.78, 5) is 124. The molecule has 0 aliphatic carbocycles. The third kappa shape index (κ3) is 22.4. The number of rotatable bonds is 30. The molecule has 0 aliphatic rings. The van der Waals surface area contributed by atoms with Gasteiger partial charge in [0.25, 0.3) is 0 Å². The van der Waals surface area contributed by atoms with Gasteiger partial charge < -0.3 is 74.8 Å². The van der Waals surface area contributed by atoms with E-state index in [1.54, 1.807) is 0 Å². The summed E-state index contributed by atoms with van der Waals surface area (Å²) in [7, 11) is 0. The van der Waals surface area contributed by atoms with Crippen LogP contribution in [0.5, 0.6) is 0 Å². The van der Waals surface area contributed by atoms with Crippen LogP contribution < -0.4 is 54.4 Å². The van der Waals surface area contributed by atoms with Crippen LogP contribution in [0.1, 0.15) is 84.5 Å². The first-order valence-electron chi connectivity index (χ1n) is 18.3. The summed E-state index contributed by atoms with van der Waals surface area (Å²) < 4.78 is 0. The van der Waals surface area contributed by atoms with Gasteiger partial charge in [-0.15, -0.1) is 0 Å². The van der Waals surface area contributed by atoms with E-state index < -0.39 is 134 Å². The molecule has 0 fully saturated rings. The van der Waals surface area contributed by atoms with Gasteiger partial charge in [0.05, 0.1) is 6.04 Å². The van der Waals surface area contributed by atoms with Crippen LogP contribution in [0.15, 0.2) is 0 Å². The Hall–Kier alpha value is -6.11. The number of guanidine groups is 1. The molecule has 0 aromatic carbocycles. The van der Waals surface area contributed by atoms with Gasteiger partial charge in [0.1, 0.15) is 36.3 Å². The topological polar surface area (TPSA) is 438 Å². The predicted molar refractivity (Wildman–Crippen MR) is 201 cm³/mol. The van der Waals surface area contributed by atoms with E-state index in [0.29, 0.717) is 12.8 Å². The maximum atomic E-state index is 13.7. The minimum atomic E-state index is -1.64. The lowest BCUT2D eigenvalue weighted by atomic mass is 10.0. The quantitative estimate of drug-likeness (QED) is 0.0184. The average molecular weight is 832 g/mol. The maximum Gasteiger partial charge on any atom is 0.325 e. The second kappa shape index (κ2) is 27.5. The van der Waals surface area contributed by atoms with E-state index in [1.807, 2.05) is 0 Å². The summed E-state index contributed by atoms with van der Waals surface area (Å²) in [5.41, 5.74) is 16.7. The molecular formula is C33H57N11O14. The number of nitrogens with two attached hydrogens (primary N) is 3. The lowest BCUT2D eigenvalue weighted by molar-refractivity contribution is -0.142. The van der Waals surface area contributed by atoms with Gasteiger partial charge in [0.15, 0.2) is 5.96 Å². The zero-order valence-corrected chi connectivity index (χ0v) is 32.3. The van der Waals surface area contributed by atoms with Crippen LogP contribution in [0.4, 0.5) is 0 Å². The van der Waals surface area contributed by atoms with Crippen molar-refractivity contribution in [2.45, 2.75) is 127 Å². The minimum Gasteiger partial charge on any atom is -0.481 e. The second-order valence-electron chi connectivity index (χ2n) is 13.2. The Bertz CT molecular complexity index is 1480. The number of aliphatic carboxylic acids is 4. The van der Waals surface area contributed by atoms with Crippen LogP contribution in [-0.2, 0) is 47.9 Å². The van der Waals surface area contributed by atoms with Crippen LogP contribution >= 0.6 is 0 Å². The Kier molecular flexibility index (Phi) is 24.6. The largest absolute Gasteiger partial charge is 0.481 e. The molecule has 0 heterocycles. The molecule has 58 heavy (non-hydrogen) atoms. The van der Waals surface area contributed by atoms with E-state index in [4.69, 9.17) is 37.9 Å². The molecule has 18 N–H and O–H groups in total. The first kappa shape index (κ1) is 51.9.